The standard InChI is InChI=1S/C17H16ClFN2O3/c18-14-9-12(2-3-15(14)19)21-17(22)11-1-4-16(20-10-11)24-13-5-7-23-8-6-13/h1-4,9-10,13H,5-8H2,(H,21,22). The number of hydrogen-bond acceptors (Lipinski definition) is 4. The van der Waals surface area contributed by atoms with Gasteiger partial charge >= 0.3 is 0 Å². The van der Waals surface area contributed by atoms with Crippen LogP contribution in [0.2, 0.25) is 5.02 Å². The van der Waals surface area contributed by atoms with E-state index in [2.05, 4.69) is 10.3 Å². The Morgan fingerprint density at radius 1 is 1.29 bits per heavy atom. The fourth-order valence-corrected chi connectivity index (χ4v) is 2.51. The number of carbonyl (C=O) groups excluding carboxylic acids is 1. The molecule has 1 N–H and O–H groups in total. The molecule has 24 heavy (non-hydrogen) atoms. The van der Waals surface area contributed by atoms with Gasteiger partial charge < -0.3 is 14.8 Å². The predicted molar refractivity (Wildman–Crippen MR) is 88.1 cm³/mol. The van der Waals surface area contributed by atoms with Crippen molar-refractivity contribution >= 4 is 23.2 Å². The minimum atomic E-state index is -0.536. The number of ether oxygens (including phenoxy) is 2. The summed E-state index contributed by atoms with van der Waals surface area (Å²) in [7, 11) is 0. The van der Waals surface area contributed by atoms with Crippen molar-refractivity contribution in [3.05, 3.63) is 52.9 Å². The summed E-state index contributed by atoms with van der Waals surface area (Å²) in [5, 5.41) is 2.59. The summed E-state index contributed by atoms with van der Waals surface area (Å²) < 4.78 is 24.1. The lowest BCUT2D eigenvalue weighted by Gasteiger charge is -2.22. The molecule has 2 aromatic rings. The van der Waals surface area contributed by atoms with Crippen molar-refractivity contribution in [1.82, 2.24) is 4.98 Å². The third kappa shape index (κ3) is 4.21. The zero-order valence-electron chi connectivity index (χ0n) is 12.8. The number of carbonyl (C=O) groups is 1. The molecular weight excluding hydrogens is 335 g/mol. The molecule has 7 heteroatoms. The number of nitrogens with zero attached hydrogens (tertiary/aromatic N) is 1. The average molecular weight is 351 g/mol. The van der Waals surface area contributed by atoms with Gasteiger partial charge in [0.1, 0.15) is 11.9 Å². The molecule has 1 aliphatic rings. The first kappa shape index (κ1) is 16.7. The van der Waals surface area contributed by atoms with Crippen LogP contribution in [0.4, 0.5) is 10.1 Å². The number of benzene rings is 1. The van der Waals surface area contributed by atoms with Crippen LogP contribution in [-0.4, -0.2) is 30.2 Å². The molecule has 0 aliphatic carbocycles. The predicted octanol–water partition coefficient (Wildman–Crippen LogP) is 3.68. The second-order valence-corrected chi connectivity index (χ2v) is 5.80. The van der Waals surface area contributed by atoms with E-state index in [-0.39, 0.29) is 17.0 Å². The quantitative estimate of drug-likeness (QED) is 0.913. The SMILES string of the molecule is O=C(Nc1ccc(F)c(Cl)c1)c1ccc(OC2CCOCC2)nc1. The molecule has 0 bridgehead atoms. The molecule has 1 amide bonds. The van der Waals surface area contributed by atoms with Crippen molar-refractivity contribution < 1.29 is 18.7 Å². The van der Waals surface area contributed by atoms with Crippen molar-refractivity contribution in [1.29, 1.82) is 0 Å². The molecule has 2 heterocycles. The number of rotatable bonds is 4. The Labute approximate surface area is 143 Å². The minimum Gasteiger partial charge on any atom is -0.474 e. The monoisotopic (exact) mass is 350 g/mol. The first-order valence-corrected chi connectivity index (χ1v) is 7.96. The van der Waals surface area contributed by atoms with Crippen LogP contribution < -0.4 is 10.1 Å². The molecule has 0 unspecified atom stereocenters. The zero-order valence-corrected chi connectivity index (χ0v) is 13.6. The second-order valence-electron chi connectivity index (χ2n) is 5.40. The number of pyridine rings is 1. The molecular formula is C17H16ClFN2O3. The van der Waals surface area contributed by atoms with Crippen molar-refractivity contribution in [2.24, 2.45) is 0 Å². The van der Waals surface area contributed by atoms with E-state index in [9.17, 15) is 9.18 Å². The van der Waals surface area contributed by atoms with Crippen LogP contribution in [0.25, 0.3) is 0 Å². The van der Waals surface area contributed by atoms with Crippen molar-refractivity contribution in [2.75, 3.05) is 18.5 Å². The van der Waals surface area contributed by atoms with Crippen LogP contribution in [-0.2, 0) is 4.74 Å². The molecule has 0 radical (unpaired) electrons. The van der Waals surface area contributed by atoms with Gasteiger partial charge in [0.2, 0.25) is 5.88 Å². The Morgan fingerprint density at radius 3 is 2.75 bits per heavy atom. The van der Waals surface area contributed by atoms with Crippen molar-refractivity contribution in [2.45, 2.75) is 18.9 Å². The number of hydrogen-bond donors (Lipinski definition) is 1. The lowest BCUT2D eigenvalue weighted by atomic mass is 10.1. The first-order valence-electron chi connectivity index (χ1n) is 7.58. The summed E-state index contributed by atoms with van der Waals surface area (Å²) in [6.45, 7) is 1.37. The molecule has 3 rings (SSSR count). The fourth-order valence-electron chi connectivity index (χ4n) is 2.33. The highest BCUT2D eigenvalue weighted by molar-refractivity contribution is 6.31. The van der Waals surface area contributed by atoms with Gasteiger partial charge in [0.15, 0.2) is 0 Å². The van der Waals surface area contributed by atoms with Gasteiger partial charge in [0.25, 0.3) is 5.91 Å². The van der Waals surface area contributed by atoms with E-state index in [0.29, 0.717) is 30.3 Å². The molecule has 1 aromatic heterocycles. The van der Waals surface area contributed by atoms with Crippen LogP contribution >= 0.6 is 11.6 Å². The lowest BCUT2D eigenvalue weighted by molar-refractivity contribution is 0.0237. The highest BCUT2D eigenvalue weighted by atomic mass is 35.5. The van der Waals surface area contributed by atoms with Gasteiger partial charge in [-0.05, 0) is 24.3 Å². The second kappa shape index (κ2) is 7.59. The van der Waals surface area contributed by atoms with Crippen molar-refractivity contribution in [3.63, 3.8) is 0 Å². The van der Waals surface area contributed by atoms with E-state index in [1.807, 2.05) is 0 Å². The molecule has 1 fully saturated rings. The van der Waals surface area contributed by atoms with Gasteiger partial charge in [-0.3, -0.25) is 4.79 Å². The number of anilines is 1. The maximum absolute atomic E-state index is 13.1. The normalized spacial score (nSPS) is 15.1. The average Bonchev–Trinajstić information content (AvgIpc) is 2.60. The van der Waals surface area contributed by atoms with E-state index in [4.69, 9.17) is 21.1 Å². The third-order valence-electron chi connectivity index (χ3n) is 3.63. The summed E-state index contributed by atoms with van der Waals surface area (Å²) in [5.41, 5.74) is 0.781. The van der Waals surface area contributed by atoms with E-state index in [1.54, 1.807) is 12.1 Å². The largest absolute Gasteiger partial charge is 0.474 e. The topological polar surface area (TPSA) is 60.5 Å². The number of halogens is 2. The van der Waals surface area contributed by atoms with Crippen LogP contribution in [0.15, 0.2) is 36.5 Å². The van der Waals surface area contributed by atoms with Gasteiger partial charge in [-0.1, -0.05) is 11.6 Å². The Bertz CT molecular complexity index is 718. The van der Waals surface area contributed by atoms with Crippen LogP contribution in [0.1, 0.15) is 23.2 Å². The van der Waals surface area contributed by atoms with Gasteiger partial charge in [-0.15, -0.1) is 0 Å². The van der Waals surface area contributed by atoms with Crippen molar-refractivity contribution in [3.8, 4) is 5.88 Å². The Kier molecular flexibility index (Phi) is 5.27. The Morgan fingerprint density at radius 2 is 2.08 bits per heavy atom. The first-order chi connectivity index (χ1) is 11.6. The molecule has 1 aromatic carbocycles. The van der Waals surface area contributed by atoms with E-state index < -0.39 is 5.82 Å². The molecule has 1 aliphatic heterocycles. The van der Waals surface area contributed by atoms with E-state index in [1.165, 1.54) is 24.4 Å². The fraction of sp³-hybridized carbons (Fsp3) is 0.294. The maximum atomic E-state index is 13.1. The highest BCUT2D eigenvalue weighted by Crippen LogP contribution is 2.20. The number of amides is 1. The summed E-state index contributed by atoms with van der Waals surface area (Å²) in [5.74, 6) is -0.419. The van der Waals surface area contributed by atoms with Gasteiger partial charge in [-0.2, -0.15) is 0 Å². The number of nitrogens with one attached hydrogen (secondary N) is 1. The third-order valence-corrected chi connectivity index (χ3v) is 3.92. The molecule has 0 atom stereocenters. The molecule has 0 saturated carbocycles. The molecule has 126 valence electrons. The van der Waals surface area contributed by atoms with Crippen LogP contribution in [0.3, 0.4) is 0 Å². The minimum absolute atomic E-state index is 0.0499. The molecule has 1 saturated heterocycles. The van der Waals surface area contributed by atoms with Crippen LogP contribution in [0.5, 0.6) is 5.88 Å². The highest BCUT2D eigenvalue weighted by Gasteiger charge is 2.16. The summed E-state index contributed by atoms with van der Waals surface area (Å²) in [6.07, 6.45) is 3.19. The smallest absolute Gasteiger partial charge is 0.257 e. The maximum Gasteiger partial charge on any atom is 0.257 e. The van der Waals surface area contributed by atoms with Gasteiger partial charge in [0.05, 0.1) is 23.8 Å². The Balaban J connectivity index is 1.61. The summed E-state index contributed by atoms with van der Waals surface area (Å²) >= 11 is 5.69. The molecule has 5 nitrogen and oxygen atoms in total. The summed E-state index contributed by atoms with van der Waals surface area (Å²) in [4.78, 5) is 16.3. The number of aromatic nitrogens is 1. The Hall–Kier alpha value is -2.18. The van der Waals surface area contributed by atoms with Gasteiger partial charge in [-0.25, -0.2) is 9.37 Å². The van der Waals surface area contributed by atoms with Crippen LogP contribution in [0, 0.1) is 5.82 Å². The van der Waals surface area contributed by atoms with E-state index >= 15 is 0 Å². The zero-order chi connectivity index (χ0) is 16.9. The van der Waals surface area contributed by atoms with Gasteiger partial charge in [0, 0.05) is 30.8 Å². The summed E-state index contributed by atoms with van der Waals surface area (Å²) in [6, 6.07) is 7.27. The van der Waals surface area contributed by atoms with E-state index in [0.717, 1.165) is 12.8 Å². The molecule has 0 spiro atoms. The lowest BCUT2D eigenvalue weighted by Crippen LogP contribution is -2.26.